The molecule has 3 heterocycles. The molecule has 2 aromatic heterocycles. The molecule has 0 spiro atoms. The Kier molecular flexibility index (Phi) is 5.76. The Hall–Kier alpha value is -3.57. The van der Waals surface area contributed by atoms with E-state index in [1.807, 2.05) is 0 Å². The number of rotatable bonds is 7. The highest BCUT2D eigenvalue weighted by atomic mass is 32.2. The average Bonchev–Trinajstić information content (AvgIpc) is 3.35. The van der Waals surface area contributed by atoms with Crippen molar-refractivity contribution in [3.63, 3.8) is 0 Å². The second kappa shape index (κ2) is 8.52. The number of pyridine rings is 1. The van der Waals surface area contributed by atoms with Gasteiger partial charge in [0.1, 0.15) is 9.90 Å². The summed E-state index contributed by atoms with van der Waals surface area (Å²) in [6, 6.07) is 11.9. The lowest BCUT2D eigenvalue weighted by Crippen LogP contribution is -2.28. The minimum Gasteiger partial charge on any atom is -0.462 e. The predicted octanol–water partition coefficient (Wildman–Crippen LogP) is 2.92. The molecule has 32 heavy (non-hydrogen) atoms. The Morgan fingerprint density at radius 1 is 1.09 bits per heavy atom. The van der Waals surface area contributed by atoms with Crippen LogP contribution in [0.15, 0.2) is 58.9 Å². The Balaban J connectivity index is 1.47. The number of nitrogens with zero attached hydrogens (tertiary/aromatic N) is 2. The number of esters is 1. The Labute approximate surface area is 187 Å². The van der Waals surface area contributed by atoms with Crippen LogP contribution < -0.4 is 4.72 Å². The van der Waals surface area contributed by atoms with E-state index in [0.29, 0.717) is 10.4 Å². The van der Waals surface area contributed by atoms with Crippen molar-refractivity contribution >= 4 is 44.8 Å². The highest BCUT2D eigenvalue weighted by Crippen LogP contribution is 2.28. The van der Waals surface area contributed by atoms with E-state index >= 15 is 0 Å². The number of carbonyl (C=O) groups is 3. The van der Waals surface area contributed by atoms with Crippen LogP contribution in [0.25, 0.3) is 0 Å². The molecule has 0 bridgehead atoms. The number of amides is 2. The molecule has 0 saturated heterocycles. The van der Waals surface area contributed by atoms with Gasteiger partial charge in [0, 0.05) is 16.8 Å². The van der Waals surface area contributed by atoms with Gasteiger partial charge in [-0.25, -0.2) is 13.2 Å². The standard InChI is InChI=1S/C21H17N3O6S2/c1-2-30-21(27)13-5-7-14(8-6-13)23-32(28,29)17-10-9-15(31-17)12-24-19(25)16-4-3-11-22-18(16)20(24)26/h3-11,23H,2,12H2,1H3. The minimum atomic E-state index is -3.90. The largest absolute Gasteiger partial charge is 0.462 e. The van der Waals surface area contributed by atoms with Crippen molar-refractivity contribution in [2.24, 2.45) is 0 Å². The summed E-state index contributed by atoms with van der Waals surface area (Å²) in [6.45, 7) is 1.88. The van der Waals surface area contributed by atoms with Crippen LogP contribution in [0.1, 0.15) is 43.0 Å². The number of hydrogen-bond acceptors (Lipinski definition) is 8. The number of fused-ring (bicyclic) bond motifs is 1. The van der Waals surface area contributed by atoms with E-state index in [9.17, 15) is 22.8 Å². The van der Waals surface area contributed by atoms with E-state index in [1.165, 1.54) is 42.6 Å². The first-order chi connectivity index (χ1) is 15.3. The number of sulfonamides is 1. The van der Waals surface area contributed by atoms with Gasteiger partial charge in [-0.3, -0.25) is 24.2 Å². The lowest BCUT2D eigenvalue weighted by molar-refractivity contribution is 0.0525. The zero-order valence-electron chi connectivity index (χ0n) is 16.8. The predicted molar refractivity (Wildman–Crippen MR) is 116 cm³/mol. The second-order valence-corrected chi connectivity index (χ2v) is 9.80. The number of anilines is 1. The maximum atomic E-state index is 12.7. The molecule has 2 amide bonds. The maximum absolute atomic E-state index is 12.7. The van der Waals surface area contributed by atoms with Crippen LogP contribution in [0.4, 0.5) is 5.69 Å². The molecule has 3 aromatic rings. The van der Waals surface area contributed by atoms with Gasteiger partial charge in [-0.15, -0.1) is 11.3 Å². The summed E-state index contributed by atoms with van der Waals surface area (Å²) in [5.41, 5.74) is 0.910. The third kappa shape index (κ3) is 4.12. The summed E-state index contributed by atoms with van der Waals surface area (Å²) in [5, 5.41) is 0. The summed E-state index contributed by atoms with van der Waals surface area (Å²) in [4.78, 5) is 42.2. The highest BCUT2D eigenvalue weighted by molar-refractivity contribution is 7.94. The van der Waals surface area contributed by atoms with Crippen molar-refractivity contribution in [2.75, 3.05) is 11.3 Å². The Morgan fingerprint density at radius 3 is 2.53 bits per heavy atom. The van der Waals surface area contributed by atoms with Gasteiger partial charge in [-0.2, -0.15) is 0 Å². The van der Waals surface area contributed by atoms with Gasteiger partial charge in [0.25, 0.3) is 21.8 Å². The van der Waals surface area contributed by atoms with Gasteiger partial charge >= 0.3 is 5.97 Å². The Morgan fingerprint density at radius 2 is 1.84 bits per heavy atom. The third-order valence-electron chi connectivity index (χ3n) is 4.60. The fourth-order valence-electron chi connectivity index (χ4n) is 3.10. The first kappa shape index (κ1) is 21.7. The van der Waals surface area contributed by atoms with Crippen LogP contribution in [-0.4, -0.2) is 42.7 Å². The van der Waals surface area contributed by atoms with Gasteiger partial charge in [0.05, 0.1) is 24.3 Å². The molecule has 9 nitrogen and oxygen atoms in total. The Bertz CT molecular complexity index is 1280. The summed E-state index contributed by atoms with van der Waals surface area (Å²) in [7, 11) is -3.90. The minimum absolute atomic E-state index is 0.0247. The number of ether oxygens (including phenoxy) is 1. The molecule has 0 aliphatic carbocycles. The van der Waals surface area contributed by atoms with Crippen LogP contribution >= 0.6 is 11.3 Å². The number of thiophene rings is 1. The van der Waals surface area contributed by atoms with Crippen molar-refractivity contribution in [1.82, 2.24) is 9.88 Å². The molecule has 0 atom stereocenters. The normalized spacial score (nSPS) is 13.2. The van der Waals surface area contributed by atoms with Crippen LogP contribution in [0.2, 0.25) is 0 Å². The number of imide groups is 1. The summed E-state index contributed by atoms with van der Waals surface area (Å²) >= 11 is 0.952. The first-order valence-corrected chi connectivity index (χ1v) is 11.8. The molecule has 1 aliphatic heterocycles. The number of carbonyl (C=O) groups excluding carboxylic acids is 3. The fourth-order valence-corrected chi connectivity index (χ4v) is 5.50. The monoisotopic (exact) mass is 471 g/mol. The zero-order valence-corrected chi connectivity index (χ0v) is 18.4. The topological polar surface area (TPSA) is 123 Å². The van der Waals surface area contributed by atoms with Crippen molar-refractivity contribution in [2.45, 2.75) is 17.7 Å². The van der Waals surface area contributed by atoms with Crippen molar-refractivity contribution in [3.05, 3.63) is 76.4 Å². The molecule has 1 N–H and O–H groups in total. The van der Waals surface area contributed by atoms with Gasteiger partial charge in [0.15, 0.2) is 0 Å². The van der Waals surface area contributed by atoms with Crippen LogP contribution in [-0.2, 0) is 21.3 Å². The van der Waals surface area contributed by atoms with Crippen molar-refractivity contribution in [1.29, 1.82) is 0 Å². The molecule has 0 radical (unpaired) electrons. The van der Waals surface area contributed by atoms with Crippen LogP contribution in [0.5, 0.6) is 0 Å². The number of nitrogens with one attached hydrogen (secondary N) is 1. The van der Waals surface area contributed by atoms with Gasteiger partial charge in [0.2, 0.25) is 0 Å². The molecule has 0 unspecified atom stereocenters. The highest BCUT2D eigenvalue weighted by Gasteiger charge is 2.36. The summed E-state index contributed by atoms with van der Waals surface area (Å²) in [6.07, 6.45) is 1.44. The smallest absolute Gasteiger partial charge is 0.338 e. The summed E-state index contributed by atoms with van der Waals surface area (Å²) in [5.74, 6) is -1.47. The van der Waals surface area contributed by atoms with E-state index in [-0.39, 0.29) is 34.3 Å². The zero-order chi connectivity index (χ0) is 22.9. The molecule has 0 fully saturated rings. The first-order valence-electron chi connectivity index (χ1n) is 9.50. The van der Waals surface area contributed by atoms with Gasteiger partial charge in [-0.1, -0.05) is 0 Å². The lowest BCUT2D eigenvalue weighted by Gasteiger charge is -2.11. The molecular formula is C21H17N3O6S2. The maximum Gasteiger partial charge on any atom is 0.338 e. The second-order valence-electron chi connectivity index (χ2n) is 6.72. The van der Waals surface area contributed by atoms with E-state index in [1.54, 1.807) is 19.1 Å². The van der Waals surface area contributed by atoms with Gasteiger partial charge in [-0.05, 0) is 55.5 Å². The SMILES string of the molecule is CCOC(=O)c1ccc(NS(=O)(=O)c2ccc(CN3C(=O)c4cccnc4C3=O)s2)cc1. The van der Waals surface area contributed by atoms with E-state index in [4.69, 9.17) is 4.74 Å². The summed E-state index contributed by atoms with van der Waals surface area (Å²) < 4.78 is 32.8. The average molecular weight is 472 g/mol. The van der Waals surface area contributed by atoms with Crippen molar-refractivity contribution in [3.8, 4) is 0 Å². The molecule has 4 rings (SSSR count). The molecule has 11 heteroatoms. The van der Waals surface area contributed by atoms with Crippen LogP contribution in [0.3, 0.4) is 0 Å². The number of hydrogen-bond donors (Lipinski definition) is 1. The van der Waals surface area contributed by atoms with Crippen molar-refractivity contribution < 1.29 is 27.5 Å². The molecule has 1 aliphatic rings. The number of aromatic nitrogens is 1. The molecule has 164 valence electrons. The van der Waals surface area contributed by atoms with E-state index in [0.717, 1.165) is 16.2 Å². The van der Waals surface area contributed by atoms with E-state index < -0.39 is 27.8 Å². The van der Waals surface area contributed by atoms with Crippen LogP contribution in [0, 0.1) is 0 Å². The fraction of sp³-hybridized carbons (Fsp3) is 0.143. The lowest BCUT2D eigenvalue weighted by atomic mass is 10.2. The number of benzene rings is 1. The van der Waals surface area contributed by atoms with Gasteiger partial charge < -0.3 is 4.74 Å². The quantitative estimate of drug-likeness (QED) is 0.415. The molecular weight excluding hydrogens is 454 g/mol. The molecule has 1 aromatic carbocycles. The molecule has 0 saturated carbocycles. The van der Waals surface area contributed by atoms with E-state index in [2.05, 4.69) is 9.71 Å². The third-order valence-corrected chi connectivity index (χ3v) is 7.54.